The number of rotatable bonds is 7. The van der Waals surface area contributed by atoms with Gasteiger partial charge in [-0.05, 0) is 36.8 Å². The Morgan fingerprint density at radius 1 is 1.22 bits per heavy atom. The summed E-state index contributed by atoms with van der Waals surface area (Å²) in [5.41, 5.74) is 7.39. The second kappa shape index (κ2) is 8.08. The van der Waals surface area contributed by atoms with Gasteiger partial charge in [0.25, 0.3) is 5.91 Å². The van der Waals surface area contributed by atoms with Crippen molar-refractivity contribution in [1.82, 2.24) is 0 Å². The highest BCUT2D eigenvalue weighted by Crippen LogP contribution is 2.27. The highest BCUT2D eigenvalue weighted by molar-refractivity contribution is 6.05. The molecule has 0 aromatic heterocycles. The fraction of sp³-hybridized carbons (Fsp3) is 0.278. The van der Waals surface area contributed by atoms with Gasteiger partial charge in [-0.2, -0.15) is 0 Å². The summed E-state index contributed by atoms with van der Waals surface area (Å²) in [7, 11) is 1.53. The van der Waals surface area contributed by atoms with Gasteiger partial charge in [0, 0.05) is 17.3 Å². The summed E-state index contributed by atoms with van der Waals surface area (Å²) in [5.74, 6) is 0.984. The minimum atomic E-state index is -0.228. The van der Waals surface area contributed by atoms with Gasteiger partial charge in [-0.15, -0.1) is 0 Å². The molecule has 23 heavy (non-hydrogen) atoms. The number of amides is 1. The number of benzene rings is 2. The third-order valence-corrected chi connectivity index (χ3v) is 3.34. The van der Waals surface area contributed by atoms with Crippen LogP contribution in [0.15, 0.2) is 42.5 Å². The number of unbranched alkanes of at least 4 members (excludes halogenated alkanes) is 1. The number of nitrogen functional groups attached to an aromatic ring is 1. The first-order valence-electron chi connectivity index (χ1n) is 7.61. The Kier molecular flexibility index (Phi) is 5.86. The molecule has 0 spiro atoms. The highest BCUT2D eigenvalue weighted by Gasteiger charge is 2.11. The van der Waals surface area contributed by atoms with Gasteiger partial charge in [-0.25, -0.2) is 0 Å². The minimum absolute atomic E-state index is 0.228. The van der Waals surface area contributed by atoms with Crippen LogP contribution in [0.3, 0.4) is 0 Å². The highest BCUT2D eigenvalue weighted by atomic mass is 16.5. The normalized spacial score (nSPS) is 10.2. The maximum atomic E-state index is 12.4. The molecule has 3 N–H and O–H groups in total. The number of anilines is 2. The van der Waals surface area contributed by atoms with E-state index in [-0.39, 0.29) is 5.91 Å². The predicted octanol–water partition coefficient (Wildman–Crippen LogP) is 3.71. The molecule has 2 aromatic rings. The van der Waals surface area contributed by atoms with E-state index in [4.69, 9.17) is 15.2 Å². The first-order chi connectivity index (χ1) is 11.1. The Balaban J connectivity index is 2.10. The molecule has 1 amide bonds. The van der Waals surface area contributed by atoms with E-state index in [0.717, 1.165) is 12.8 Å². The van der Waals surface area contributed by atoms with Crippen molar-refractivity contribution >= 4 is 17.3 Å². The summed E-state index contributed by atoms with van der Waals surface area (Å²) in [5, 5.41) is 2.82. The third-order valence-electron chi connectivity index (χ3n) is 3.34. The van der Waals surface area contributed by atoms with Gasteiger partial charge in [0.15, 0.2) is 0 Å². The average molecular weight is 314 g/mol. The third kappa shape index (κ3) is 4.64. The van der Waals surface area contributed by atoms with Crippen LogP contribution in [0.5, 0.6) is 11.5 Å². The second-order valence-corrected chi connectivity index (χ2v) is 5.14. The molecule has 0 aliphatic carbocycles. The second-order valence-electron chi connectivity index (χ2n) is 5.14. The summed E-state index contributed by atoms with van der Waals surface area (Å²) in [6.07, 6.45) is 2.05. The molecular weight excluding hydrogens is 292 g/mol. The topological polar surface area (TPSA) is 73.6 Å². The molecule has 0 aliphatic rings. The average Bonchev–Trinajstić information content (AvgIpc) is 2.57. The van der Waals surface area contributed by atoms with Crippen LogP contribution < -0.4 is 20.5 Å². The van der Waals surface area contributed by atoms with Crippen molar-refractivity contribution in [1.29, 1.82) is 0 Å². The number of hydrogen-bond acceptors (Lipinski definition) is 4. The molecule has 0 bridgehead atoms. The van der Waals surface area contributed by atoms with E-state index in [0.29, 0.717) is 35.0 Å². The maximum Gasteiger partial charge on any atom is 0.255 e. The number of nitrogens with one attached hydrogen (secondary N) is 1. The van der Waals surface area contributed by atoms with Gasteiger partial charge in [0.1, 0.15) is 11.5 Å². The molecular formula is C18H22N2O3. The van der Waals surface area contributed by atoms with Gasteiger partial charge in [-0.3, -0.25) is 4.79 Å². The van der Waals surface area contributed by atoms with Gasteiger partial charge in [-0.1, -0.05) is 19.4 Å². The van der Waals surface area contributed by atoms with Crippen LogP contribution in [0.4, 0.5) is 11.4 Å². The molecule has 0 unspecified atom stereocenters. The first-order valence-corrected chi connectivity index (χ1v) is 7.61. The van der Waals surface area contributed by atoms with Crippen molar-refractivity contribution in [2.75, 3.05) is 24.8 Å². The summed E-state index contributed by atoms with van der Waals surface area (Å²) < 4.78 is 10.9. The summed E-state index contributed by atoms with van der Waals surface area (Å²) in [6.45, 7) is 2.75. The van der Waals surface area contributed by atoms with E-state index in [1.807, 2.05) is 6.07 Å². The van der Waals surface area contributed by atoms with E-state index < -0.39 is 0 Å². The van der Waals surface area contributed by atoms with Crippen molar-refractivity contribution in [2.24, 2.45) is 0 Å². The smallest absolute Gasteiger partial charge is 0.255 e. The lowest BCUT2D eigenvalue weighted by Gasteiger charge is -2.11. The Morgan fingerprint density at radius 2 is 2.04 bits per heavy atom. The van der Waals surface area contributed by atoms with Crippen LogP contribution in [-0.4, -0.2) is 19.6 Å². The maximum absolute atomic E-state index is 12.4. The number of carbonyl (C=O) groups excluding carboxylic acids is 1. The fourth-order valence-corrected chi connectivity index (χ4v) is 2.07. The van der Waals surface area contributed by atoms with Crippen LogP contribution in [0.25, 0.3) is 0 Å². The zero-order valence-corrected chi connectivity index (χ0v) is 13.5. The Labute approximate surface area is 136 Å². The van der Waals surface area contributed by atoms with Crippen LogP contribution in [-0.2, 0) is 0 Å². The SMILES string of the molecule is CCCCOc1cccc(C(=O)Nc2ccc(N)cc2OC)c1. The number of nitrogens with two attached hydrogens (primary N) is 1. The summed E-state index contributed by atoms with van der Waals surface area (Å²) in [4.78, 5) is 12.4. The molecule has 0 saturated heterocycles. The lowest BCUT2D eigenvalue weighted by molar-refractivity contribution is 0.102. The molecule has 0 fully saturated rings. The number of methoxy groups -OCH3 is 1. The van der Waals surface area contributed by atoms with Crippen LogP contribution >= 0.6 is 0 Å². The lowest BCUT2D eigenvalue weighted by Crippen LogP contribution is -2.13. The Bertz CT molecular complexity index is 671. The van der Waals surface area contributed by atoms with Gasteiger partial charge >= 0.3 is 0 Å². The molecule has 2 rings (SSSR count). The van der Waals surface area contributed by atoms with Crippen molar-refractivity contribution in [3.05, 3.63) is 48.0 Å². The summed E-state index contributed by atoms with van der Waals surface area (Å²) >= 11 is 0. The molecule has 0 aliphatic heterocycles. The zero-order chi connectivity index (χ0) is 16.7. The van der Waals surface area contributed by atoms with E-state index in [9.17, 15) is 4.79 Å². The molecule has 0 atom stereocenters. The molecule has 0 heterocycles. The minimum Gasteiger partial charge on any atom is -0.494 e. The van der Waals surface area contributed by atoms with Crippen molar-refractivity contribution in [3.63, 3.8) is 0 Å². The van der Waals surface area contributed by atoms with Crippen LogP contribution in [0.2, 0.25) is 0 Å². The molecule has 5 nitrogen and oxygen atoms in total. The molecule has 2 aromatic carbocycles. The number of ether oxygens (including phenoxy) is 2. The Hall–Kier alpha value is -2.69. The Morgan fingerprint density at radius 3 is 2.78 bits per heavy atom. The molecule has 0 radical (unpaired) electrons. The van der Waals surface area contributed by atoms with E-state index >= 15 is 0 Å². The van der Waals surface area contributed by atoms with Gasteiger partial charge < -0.3 is 20.5 Å². The van der Waals surface area contributed by atoms with E-state index in [1.165, 1.54) is 7.11 Å². The molecule has 0 saturated carbocycles. The largest absolute Gasteiger partial charge is 0.494 e. The van der Waals surface area contributed by atoms with E-state index in [2.05, 4.69) is 12.2 Å². The fourth-order valence-electron chi connectivity index (χ4n) is 2.07. The van der Waals surface area contributed by atoms with Crippen molar-refractivity contribution in [2.45, 2.75) is 19.8 Å². The van der Waals surface area contributed by atoms with Gasteiger partial charge in [0.2, 0.25) is 0 Å². The quantitative estimate of drug-likeness (QED) is 0.603. The van der Waals surface area contributed by atoms with Crippen molar-refractivity contribution in [3.8, 4) is 11.5 Å². The molecule has 5 heteroatoms. The molecule has 122 valence electrons. The lowest BCUT2D eigenvalue weighted by atomic mass is 10.2. The first kappa shape index (κ1) is 16.7. The summed E-state index contributed by atoms with van der Waals surface area (Å²) in [6, 6.07) is 12.2. The van der Waals surface area contributed by atoms with Crippen molar-refractivity contribution < 1.29 is 14.3 Å². The zero-order valence-electron chi connectivity index (χ0n) is 13.5. The predicted molar refractivity (Wildman–Crippen MR) is 92.2 cm³/mol. The van der Waals surface area contributed by atoms with Gasteiger partial charge in [0.05, 0.1) is 19.4 Å². The standard InChI is InChI=1S/C18H22N2O3/c1-3-4-10-23-15-7-5-6-13(11-15)18(21)20-16-9-8-14(19)12-17(16)22-2/h5-9,11-12H,3-4,10,19H2,1-2H3,(H,20,21). The van der Waals surface area contributed by atoms with Crippen LogP contribution in [0, 0.1) is 0 Å². The van der Waals surface area contributed by atoms with E-state index in [1.54, 1.807) is 36.4 Å². The number of hydrogen-bond donors (Lipinski definition) is 2. The monoisotopic (exact) mass is 314 g/mol. The van der Waals surface area contributed by atoms with Crippen LogP contribution in [0.1, 0.15) is 30.1 Å². The number of carbonyl (C=O) groups is 1.